The monoisotopic (exact) mass is 318 g/mol. The Bertz CT molecular complexity index is 462. The van der Waals surface area contributed by atoms with E-state index in [1.54, 1.807) is 11.8 Å². The average Bonchev–Trinajstić information content (AvgIpc) is 2.98. The summed E-state index contributed by atoms with van der Waals surface area (Å²) in [4.78, 5) is 16.5. The van der Waals surface area contributed by atoms with Crippen molar-refractivity contribution in [2.45, 2.75) is 19.4 Å². The first-order chi connectivity index (χ1) is 9.94. The number of piperazine rings is 1. The Hall–Kier alpha value is -0.700. The van der Waals surface area contributed by atoms with Crippen molar-refractivity contribution >= 4 is 15.9 Å². The highest BCUT2D eigenvalue weighted by Crippen LogP contribution is 2.16. The van der Waals surface area contributed by atoms with E-state index in [-0.39, 0.29) is 18.2 Å². The number of rotatable bonds is 5. The zero-order valence-corrected chi connectivity index (χ0v) is 13.7. The second-order valence-corrected chi connectivity index (χ2v) is 8.09. The lowest BCUT2D eigenvalue weighted by molar-refractivity contribution is -0.130. The summed E-state index contributed by atoms with van der Waals surface area (Å²) in [7, 11) is -1.82. The van der Waals surface area contributed by atoms with Gasteiger partial charge >= 0.3 is 0 Å². The lowest BCUT2D eigenvalue weighted by Crippen LogP contribution is -2.49. The Labute approximate surface area is 127 Å². The van der Waals surface area contributed by atoms with E-state index in [0.29, 0.717) is 6.04 Å². The first kappa shape index (κ1) is 16.7. The molecule has 2 fully saturated rings. The van der Waals surface area contributed by atoms with Crippen molar-refractivity contribution in [3.8, 4) is 0 Å². The van der Waals surface area contributed by atoms with Crippen LogP contribution in [0.15, 0.2) is 0 Å². The maximum absolute atomic E-state index is 12.2. The van der Waals surface area contributed by atoms with E-state index in [0.717, 1.165) is 50.0 Å². The molecule has 7 nitrogen and oxygen atoms in total. The van der Waals surface area contributed by atoms with Gasteiger partial charge in [0.05, 0.1) is 12.3 Å². The van der Waals surface area contributed by atoms with Crippen molar-refractivity contribution in [2.75, 3.05) is 58.6 Å². The normalized spacial score (nSPS) is 24.7. The van der Waals surface area contributed by atoms with Crippen molar-refractivity contribution in [3.05, 3.63) is 0 Å². The summed E-state index contributed by atoms with van der Waals surface area (Å²) in [6, 6.07) is 0.420. The van der Waals surface area contributed by atoms with Gasteiger partial charge in [0.2, 0.25) is 15.9 Å². The van der Waals surface area contributed by atoms with Crippen molar-refractivity contribution in [1.82, 2.24) is 19.4 Å². The first-order valence-electron chi connectivity index (χ1n) is 7.60. The molecular formula is C13H26N4O3S. The maximum atomic E-state index is 12.2. The van der Waals surface area contributed by atoms with Gasteiger partial charge in [-0.25, -0.2) is 8.42 Å². The minimum absolute atomic E-state index is 0.0280. The van der Waals surface area contributed by atoms with E-state index in [2.05, 4.69) is 10.2 Å². The predicted octanol–water partition coefficient (Wildman–Crippen LogP) is -1.23. The van der Waals surface area contributed by atoms with E-state index in [1.807, 2.05) is 0 Å². The topological polar surface area (TPSA) is 73.0 Å². The Morgan fingerprint density at radius 3 is 2.57 bits per heavy atom. The van der Waals surface area contributed by atoms with Crippen LogP contribution in [-0.2, 0) is 14.8 Å². The fraction of sp³-hybridized carbons (Fsp3) is 0.923. The Balaban J connectivity index is 1.84. The number of nitrogens with zero attached hydrogens (tertiary/aromatic N) is 3. The summed E-state index contributed by atoms with van der Waals surface area (Å²) >= 11 is 0. The van der Waals surface area contributed by atoms with Crippen LogP contribution in [-0.4, -0.2) is 93.1 Å². The zero-order chi connectivity index (χ0) is 15.5. The van der Waals surface area contributed by atoms with E-state index >= 15 is 0 Å². The summed E-state index contributed by atoms with van der Waals surface area (Å²) < 4.78 is 24.6. The molecular weight excluding hydrogens is 292 g/mol. The Morgan fingerprint density at radius 1 is 1.29 bits per heavy atom. The van der Waals surface area contributed by atoms with Crippen molar-refractivity contribution in [3.63, 3.8) is 0 Å². The molecule has 0 radical (unpaired) electrons. The largest absolute Gasteiger partial charge is 0.340 e. The van der Waals surface area contributed by atoms with Crippen LogP contribution in [0.1, 0.15) is 13.3 Å². The van der Waals surface area contributed by atoms with Crippen LogP contribution in [0.3, 0.4) is 0 Å². The first-order valence-corrected chi connectivity index (χ1v) is 9.21. The second-order valence-electron chi connectivity index (χ2n) is 5.72. The number of carbonyl (C=O) groups excluding carboxylic acids is 1. The standard InChI is InChI=1S/C13H26N4O3S/c1-3-21(19,20)15(2)11-13(18)17-7-4-12(10-17)16-8-5-14-6-9-16/h12,14H,3-11H2,1-2H3. The van der Waals surface area contributed by atoms with Crippen LogP contribution in [0.25, 0.3) is 0 Å². The van der Waals surface area contributed by atoms with Crippen molar-refractivity contribution in [1.29, 1.82) is 0 Å². The maximum Gasteiger partial charge on any atom is 0.237 e. The predicted molar refractivity (Wildman–Crippen MR) is 81.5 cm³/mol. The zero-order valence-electron chi connectivity index (χ0n) is 12.9. The van der Waals surface area contributed by atoms with Gasteiger partial charge in [-0.2, -0.15) is 4.31 Å². The summed E-state index contributed by atoms with van der Waals surface area (Å²) in [6.45, 7) is 7.04. The van der Waals surface area contributed by atoms with E-state index in [9.17, 15) is 13.2 Å². The fourth-order valence-corrected chi connectivity index (χ4v) is 3.67. The minimum Gasteiger partial charge on any atom is -0.340 e. The van der Waals surface area contributed by atoms with Crippen LogP contribution in [0.5, 0.6) is 0 Å². The van der Waals surface area contributed by atoms with E-state index < -0.39 is 10.0 Å². The molecule has 2 saturated heterocycles. The van der Waals surface area contributed by atoms with Crippen LogP contribution in [0, 0.1) is 0 Å². The smallest absolute Gasteiger partial charge is 0.237 e. The van der Waals surface area contributed by atoms with Gasteiger partial charge in [-0.3, -0.25) is 9.69 Å². The van der Waals surface area contributed by atoms with Crippen LogP contribution < -0.4 is 5.32 Å². The molecule has 21 heavy (non-hydrogen) atoms. The molecule has 122 valence electrons. The fourth-order valence-electron chi connectivity index (χ4n) is 2.92. The minimum atomic E-state index is -3.29. The van der Waals surface area contributed by atoms with Gasteiger partial charge in [-0.15, -0.1) is 0 Å². The highest BCUT2D eigenvalue weighted by atomic mass is 32.2. The third kappa shape index (κ3) is 4.15. The lowest BCUT2D eigenvalue weighted by atomic mass is 10.2. The molecule has 2 rings (SSSR count). The number of carbonyl (C=O) groups is 1. The molecule has 0 spiro atoms. The number of nitrogens with one attached hydrogen (secondary N) is 1. The van der Waals surface area contributed by atoms with Gasteiger partial charge in [0.1, 0.15) is 0 Å². The number of hydrogen-bond donors (Lipinski definition) is 1. The molecule has 1 N–H and O–H groups in total. The molecule has 0 aromatic carbocycles. The molecule has 0 aliphatic carbocycles. The van der Waals surface area contributed by atoms with Crippen molar-refractivity contribution < 1.29 is 13.2 Å². The summed E-state index contributed by atoms with van der Waals surface area (Å²) in [5.74, 6) is -0.0626. The number of amides is 1. The van der Waals surface area contributed by atoms with Crippen molar-refractivity contribution in [2.24, 2.45) is 0 Å². The van der Waals surface area contributed by atoms with E-state index in [4.69, 9.17) is 0 Å². The molecule has 8 heteroatoms. The molecule has 0 aromatic heterocycles. The number of hydrogen-bond acceptors (Lipinski definition) is 5. The third-order valence-electron chi connectivity index (χ3n) is 4.38. The van der Waals surface area contributed by atoms with Gasteiger partial charge < -0.3 is 10.2 Å². The molecule has 2 aliphatic rings. The van der Waals surface area contributed by atoms with Gasteiger partial charge in [0, 0.05) is 52.4 Å². The van der Waals surface area contributed by atoms with Crippen LogP contribution in [0.4, 0.5) is 0 Å². The van der Waals surface area contributed by atoms with E-state index in [1.165, 1.54) is 7.05 Å². The molecule has 2 aliphatic heterocycles. The van der Waals surface area contributed by atoms with Crippen LogP contribution >= 0.6 is 0 Å². The molecule has 1 amide bonds. The average molecular weight is 318 g/mol. The summed E-state index contributed by atoms with van der Waals surface area (Å²) in [5, 5.41) is 3.33. The SMILES string of the molecule is CCS(=O)(=O)N(C)CC(=O)N1CCC(N2CCNCC2)C1. The molecule has 0 aromatic rings. The molecule has 0 bridgehead atoms. The number of likely N-dealkylation sites (tertiary alicyclic amines) is 1. The third-order valence-corrected chi connectivity index (χ3v) is 6.19. The molecule has 1 unspecified atom stereocenters. The highest BCUT2D eigenvalue weighted by Gasteiger charge is 2.32. The quantitative estimate of drug-likeness (QED) is 0.687. The van der Waals surface area contributed by atoms with Gasteiger partial charge in [-0.05, 0) is 13.3 Å². The van der Waals surface area contributed by atoms with Crippen LogP contribution in [0.2, 0.25) is 0 Å². The van der Waals surface area contributed by atoms with Gasteiger partial charge in [-0.1, -0.05) is 0 Å². The molecule has 1 atom stereocenters. The molecule has 2 heterocycles. The van der Waals surface area contributed by atoms with Gasteiger partial charge in [0.25, 0.3) is 0 Å². The number of likely N-dealkylation sites (N-methyl/N-ethyl adjacent to an activating group) is 1. The summed E-state index contributed by atoms with van der Waals surface area (Å²) in [6.07, 6.45) is 0.982. The Kier molecular flexibility index (Phi) is 5.59. The number of sulfonamides is 1. The Morgan fingerprint density at radius 2 is 1.95 bits per heavy atom. The highest BCUT2D eigenvalue weighted by molar-refractivity contribution is 7.89. The molecule has 0 saturated carbocycles. The summed E-state index contributed by atoms with van der Waals surface area (Å²) in [5.41, 5.74) is 0. The van der Waals surface area contributed by atoms with Gasteiger partial charge in [0.15, 0.2) is 0 Å². The second kappa shape index (κ2) is 7.04. The lowest BCUT2D eigenvalue weighted by Gasteiger charge is -2.32.